The SMILES string of the molecule is CCN1CCN(C(=O)c2ccc(S(=O)(=O)Nc3ccc(F)cc3)cc2)CC1. The van der Waals surface area contributed by atoms with Crippen LogP contribution in [0.15, 0.2) is 53.4 Å². The summed E-state index contributed by atoms with van der Waals surface area (Å²) < 4.78 is 40.2. The number of carbonyl (C=O) groups excluding carboxylic acids is 1. The number of carbonyl (C=O) groups is 1. The quantitative estimate of drug-likeness (QED) is 0.850. The lowest BCUT2D eigenvalue weighted by molar-refractivity contribution is 0.0643. The fourth-order valence-electron chi connectivity index (χ4n) is 2.96. The van der Waals surface area contributed by atoms with Gasteiger partial charge in [-0.3, -0.25) is 9.52 Å². The van der Waals surface area contributed by atoms with Crippen molar-refractivity contribution in [2.45, 2.75) is 11.8 Å². The summed E-state index contributed by atoms with van der Waals surface area (Å²) in [7, 11) is -3.81. The van der Waals surface area contributed by atoms with E-state index in [9.17, 15) is 17.6 Å². The van der Waals surface area contributed by atoms with Crippen molar-refractivity contribution in [1.29, 1.82) is 0 Å². The first-order valence-corrected chi connectivity index (χ1v) is 10.3. The average molecular weight is 391 g/mol. The lowest BCUT2D eigenvalue weighted by atomic mass is 10.2. The van der Waals surface area contributed by atoms with Gasteiger partial charge in [-0.1, -0.05) is 6.92 Å². The zero-order chi connectivity index (χ0) is 19.4. The van der Waals surface area contributed by atoms with Crippen molar-refractivity contribution in [2.24, 2.45) is 0 Å². The molecule has 1 amide bonds. The van der Waals surface area contributed by atoms with E-state index in [-0.39, 0.29) is 16.5 Å². The Balaban J connectivity index is 1.69. The summed E-state index contributed by atoms with van der Waals surface area (Å²) in [6.07, 6.45) is 0. The van der Waals surface area contributed by atoms with Gasteiger partial charge in [0.15, 0.2) is 0 Å². The Morgan fingerprint density at radius 1 is 1.00 bits per heavy atom. The molecule has 0 aromatic heterocycles. The van der Waals surface area contributed by atoms with Crippen LogP contribution in [0.25, 0.3) is 0 Å². The van der Waals surface area contributed by atoms with E-state index in [2.05, 4.69) is 16.5 Å². The highest BCUT2D eigenvalue weighted by atomic mass is 32.2. The Morgan fingerprint density at radius 3 is 2.15 bits per heavy atom. The van der Waals surface area contributed by atoms with Crippen LogP contribution >= 0.6 is 0 Å². The molecule has 0 radical (unpaired) electrons. The minimum Gasteiger partial charge on any atom is -0.336 e. The van der Waals surface area contributed by atoms with Crippen LogP contribution in [0.5, 0.6) is 0 Å². The maximum Gasteiger partial charge on any atom is 0.261 e. The second-order valence-electron chi connectivity index (χ2n) is 6.36. The molecule has 1 saturated heterocycles. The first-order valence-electron chi connectivity index (χ1n) is 8.79. The number of hydrogen-bond acceptors (Lipinski definition) is 4. The zero-order valence-corrected chi connectivity index (χ0v) is 15.9. The van der Waals surface area contributed by atoms with Gasteiger partial charge in [-0.15, -0.1) is 0 Å². The summed E-state index contributed by atoms with van der Waals surface area (Å²) >= 11 is 0. The summed E-state index contributed by atoms with van der Waals surface area (Å²) in [4.78, 5) is 16.7. The van der Waals surface area contributed by atoms with Crippen LogP contribution in [0, 0.1) is 5.82 Å². The molecule has 1 fully saturated rings. The average Bonchev–Trinajstić information content (AvgIpc) is 2.69. The number of nitrogens with one attached hydrogen (secondary N) is 1. The molecule has 0 atom stereocenters. The van der Waals surface area contributed by atoms with E-state index in [4.69, 9.17) is 0 Å². The van der Waals surface area contributed by atoms with Crippen molar-refractivity contribution >= 4 is 21.6 Å². The molecule has 0 aliphatic carbocycles. The Hall–Kier alpha value is -2.45. The number of hydrogen-bond donors (Lipinski definition) is 1. The maximum atomic E-state index is 12.9. The summed E-state index contributed by atoms with van der Waals surface area (Å²) in [6, 6.07) is 10.9. The number of benzene rings is 2. The highest BCUT2D eigenvalue weighted by Gasteiger charge is 2.22. The highest BCUT2D eigenvalue weighted by Crippen LogP contribution is 2.18. The first kappa shape index (κ1) is 19.3. The molecule has 8 heteroatoms. The molecule has 6 nitrogen and oxygen atoms in total. The van der Waals surface area contributed by atoms with Gasteiger partial charge in [0.1, 0.15) is 5.82 Å². The fraction of sp³-hybridized carbons (Fsp3) is 0.316. The molecule has 2 aromatic rings. The number of halogens is 1. The second kappa shape index (κ2) is 8.06. The Bertz CT molecular complexity index is 891. The van der Waals surface area contributed by atoms with E-state index < -0.39 is 15.8 Å². The highest BCUT2D eigenvalue weighted by molar-refractivity contribution is 7.92. The molecule has 27 heavy (non-hydrogen) atoms. The van der Waals surface area contributed by atoms with Crippen LogP contribution in [0.2, 0.25) is 0 Å². The molecule has 2 aromatic carbocycles. The Morgan fingerprint density at radius 2 is 1.59 bits per heavy atom. The van der Waals surface area contributed by atoms with Crippen molar-refractivity contribution in [1.82, 2.24) is 9.80 Å². The molecule has 1 N–H and O–H groups in total. The predicted molar refractivity (Wildman–Crippen MR) is 102 cm³/mol. The van der Waals surface area contributed by atoms with Crippen molar-refractivity contribution in [2.75, 3.05) is 37.4 Å². The van der Waals surface area contributed by atoms with Crippen molar-refractivity contribution in [3.63, 3.8) is 0 Å². The normalized spacial score (nSPS) is 15.6. The topological polar surface area (TPSA) is 69.7 Å². The van der Waals surface area contributed by atoms with E-state index in [1.54, 1.807) is 4.90 Å². The van der Waals surface area contributed by atoms with E-state index in [1.165, 1.54) is 48.5 Å². The lowest BCUT2D eigenvalue weighted by Crippen LogP contribution is -2.48. The second-order valence-corrected chi connectivity index (χ2v) is 8.05. The van der Waals surface area contributed by atoms with Crippen molar-refractivity contribution in [3.05, 3.63) is 59.9 Å². The standard InChI is InChI=1S/C19H22FN3O3S/c1-2-22-11-13-23(14-12-22)19(24)15-3-9-18(10-4-15)27(25,26)21-17-7-5-16(20)6-8-17/h3-10,21H,2,11-14H2,1H3. The van der Waals surface area contributed by atoms with Crippen LogP contribution in [-0.4, -0.2) is 56.8 Å². The molecule has 144 valence electrons. The zero-order valence-electron chi connectivity index (χ0n) is 15.1. The van der Waals surface area contributed by atoms with Crippen LogP contribution in [0.4, 0.5) is 10.1 Å². The van der Waals surface area contributed by atoms with Crippen LogP contribution in [0.3, 0.4) is 0 Å². The fourth-order valence-corrected chi connectivity index (χ4v) is 4.02. The molecule has 1 aliphatic heterocycles. The van der Waals surface area contributed by atoms with Crippen molar-refractivity contribution < 1.29 is 17.6 Å². The number of piperazine rings is 1. The van der Waals surface area contributed by atoms with Crippen LogP contribution in [0.1, 0.15) is 17.3 Å². The largest absolute Gasteiger partial charge is 0.336 e. The third-order valence-corrected chi connectivity index (χ3v) is 6.01. The van der Waals surface area contributed by atoms with E-state index in [1.807, 2.05) is 0 Å². The van der Waals surface area contributed by atoms with E-state index >= 15 is 0 Å². The third-order valence-electron chi connectivity index (χ3n) is 4.61. The number of anilines is 1. The van der Waals surface area contributed by atoms with Gasteiger partial charge in [0, 0.05) is 37.4 Å². The van der Waals surface area contributed by atoms with Gasteiger partial charge >= 0.3 is 0 Å². The molecule has 1 aliphatic rings. The van der Waals surface area contributed by atoms with Gasteiger partial charge in [-0.2, -0.15) is 0 Å². The summed E-state index contributed by atoms with van der Waals surface area (Å²) in [6.45, 7) is 6.08. The van der Waals surface area contributed by atoms with Crippen molar-refractivity contribution in [3.8, 4) is 0 Å². The lowest BCUT2D eigenvalue weighted by Gasteiger charge is -2.34. The summed E-state index contributed by atoms with van der Waals surface area (Å²) in [5.74, 6) is -0.540. The van der Waals surface area contributed by atoms with Gasteiger partial charge in [0.2, 0.25) is 0 Å². The molecular weight excluding hydrogens is 369 g/mol. The number of amides is 1. The third kappa shape index (κ3) is 4.64. The summed E-state index contributed by atoms with van der Waals surface area (Å²) in [5, 5.41) is 0. The molecule has 1 heterocycles. The van der Waals surface area contributed by atoms with E-state index in [0.717, 1.165) is 19.6 Å². The van der Waals surface area contributed by atoms with Gasteiger partial charge in [-0.25, -0.2) is 12.8 Å². The molecule has 0 spiro atoms. The number of likely N-dealkylation sites (N-methyl/N-ethyl adjacent to an activating group) is 1. The van der Waals surface area contributed by atoms with Crippen LogP contribution in [-0.2, 0) is 10.0 Å². The Kier molecular flexibility index (Phi) is 5.76. The molecule has 0 unspecified atom stereocenters. The Labute approximate surface area is 158 Å². The minimum atomic E-state index is -3.81. The number of sulfonamides is 1. The summed E-state index contributed by atoms with van der Waals surface area (Å²) in [5.41, 5.74) is 0.728. The van der Waals surface area contributed by atoms with Gasteiger partial charge in [-0.05, 0) is 55.1 Å². The van der Waals surface area contributed by atoms with Gasteiger partial charge in [0.25, 0.3) is 15.9 Å². The monoisotopic (exact) mass is 391 g/mol. The number of rotatable bonds is 5. The minimum absolute atomic E-state index is 0.0409. The molecule has 0 bridgehead atoms. The maximum absolute atomic E-state index is 12.9. The smallest absolute Gasteiger partial charge is 0.261 e. The molecule has 0 saturated carbocycles. The van der Waals surface area contributed by atoms with Crippen LogP contribution < -0.4 is 4.72 Å². The van der Waals surface area contributed by atoms with E-state index in [0.29, 0.717) is 18.7 Å². The molecular formula is C19H22FN3O3S. The number of nitrogens with zero attached hydrogens (tertiary/aromatic N) is 2. The predicted octanol–water partition coefficient (Wildman–Crippen LogP) is 2.40. The van der Waals surface area contributed by atoms with Gasteiger partial charge < -0.3 is 9.80 Å². The first-order chi connectivity index (χ1) is 12.9. The van der Waals surface area contributed by atoms with Gasteiger partial charge in [0.05, 0.1) is 4.90 Å². The molecule has 3 rings (SSSR count).